The van der Waals surface area contributed by atoms with Crippen molar-refractivity contribution < 1.29 is 0 Å². The third-order valence-electron chi connectivity index (χ3n) is 5.10. The van der Waals surface area contributed by atoms with Crippen LogP contribution in [-0.2, 0) is 0 Å². The zero-order valence-electron chi connectivity index (χ0n) is 13.2. The van der Waals surface area contributed by atoms with Crippen LogP contribution in [0.1, 0.15) is 46.0 Å². The summed E-state index contributed by atoms with van der Waals surface area (Å²) in [5.41, 5.74) is 0. The Kier molecular flexibility index (Phi) is 6.11. The molecule has 0 bridgehead atoms. The normalized spacial score (nSPS) is 26.7. The summed E-state index contributed by atoms with van der Waals surface area (Å²) in [5, 5.41) is 3.92. The number of rotatable bonds is 5. The second-order valence-electron chi connectivity index (χ2n) is 6.71. The summed E-state index contributed by atoms with van der Waals surface area (Å²) in [5.74, 6) is 0.893. The molecule has 112 valence electrons. The molecular formula is C16H33N3. The Balaban J connectivity index is 1.67. The lowest BCUT2D eigenvalue weighted by molar-refractivity contribution is 0.157. The van der Waals surface area contributed by atoms with Crippen LogP contribution in [0, 0.1) is 5.92 Å². The molecule has 3 heteroatoms. The zero-order valence-corrected chi connectivity index (χ0v) is 13.2. The second kappa shape index (κ2) is 7.61. The number of piperidine rings is 2. The van der Waals surface area contributed by atoms with Gasteiger partial charge in [0.15, 0.2) is 0 Å². The Hall–Kier alpha value is -0.120. The van der Waals surface area contributed by atoms with E-state index in [-0.39, 0.29) is 0 Å². The molecule has 2 saturated heterocycles. The van der Waals surface area contributed by atoms with Gasteiger partial charge < -0.3 is 15.1 Å². The lowest BCUT2D eigenvalue weighted by Gasteiger charge is -2.38. The van der Waals surface area contributed by atoms with Crippen LogP contribution >= 0.6 is 0 Å². The van der Waals surface area contributed by atoms with Crippen molar-refractivity contribution in [2.75, 3.05) is 39.8 Å². The largest absolute Gasteiger partial charge is 0.311 e. The van der Waals surface area contributed by atoms with Crippen LogP contribution in [0.25, 0.3) is 0 Å². The molecule has 1 atom stereocenters. The van der Waals surface area contributed by atoms with E-state index < -0.39 is 0 Å². The van der Waals surface area contributed by atoms with Crippen LogP contribution < -0.4 is 5.32 Å². The fourth-order valence-electron chi connectivity index (χ4n) is 3.68. The Morgan fingerprint density at radius 2 is 1.68 bits per heavy atom. The maximum Gasteiger partial charge on any atom is 0.00940 e. The minimum Gasteiger partial charge on any atom is -0.311 e. The lowest BCUT2D eigenvalue weighted by atomic mass is 9.89. The Morgan fingerprint density at radius 1 is 1.05 bits per heavy atom. The first-order valence-electron chi connectivity index (χ1n) is 8.36. The van der Waals surface area contributed by atoms with Crippen molar-refractivity contribution in [2.24, 2.45) is 5.92 Å². The van der Waals surface area contributed by atoms with E-state index in [0.29, 0.717) is 6.04 Å². The van der Waals surface area contributed by atoms with Crippen LogP contribution in [-0.4, -0.2) is 61.7 Å². The molecule has 0 spiro atoms. The van der Waals surface area contributed by atoms with Crippen LogP contribution in [0.3, 0.4) is 0 Å². The number of nitrogens with zero attached hydrogens (tertiary/aromatic N) is 2. The highest BCUT2D eigenvalue weighted by Gasteiger charge is 2.25. The maximum absolute atomic E-state index is 3.92. The average Bonchev–Trinajstić information content (AvgIpc) is 2.42. The van der Waals surface area contributed by atoms with Crippen molar-refractivity contribution in [3.63, 3.8) is 0 Å². The zero-order chi connectivity index (χ0) is 13.7. The second-order valence-corrected chi connectivity index (χ2v) is 6.71. The first kappa shape index (κ1) is 15.3. The number of hydrogen-bond acceptors (Lipinski definition) is 3. The predicted molar refractivity (Wildman–Crippen MR) is 82.6 cm³/mol. The molecule has 2 fully saturated rings. The highest BCUT2D eigenvalue weighted by molar-refractivity contribution is 4.84. The van der Waals surface area contributed by atoms with Crippen LogP contribution in [0.2, 0.25) is 0 Å². The van der Waals surface area contributed by atoms with E-state index in [9.17, 15) is 0 Å². The van der Waals surface area contributed by atoms with Gasteiger partial charge in [-0.3, -0.25) is 0 Å². The van der Waals surface area contributed by atoms with Gasteiger partial charge in [-0.15, -0.1) is 0 Å². The van der Waals surface area contributed by atoms with Gasteiger partial charge in [-0.05, 0) is 84.7 Å². The van der Waals surface area contributed by atoms with Crippen molar-refractivity contribution in [2.45, 2.75) is 58.0 Å². The fraction of sp³-hybridized carbons (Fsp3) is 1.00. The van der Waals surface area contributed by atoms with E-state index in [1.165, 1.54) is 64.8 Å². The summed E-state index contributed by atoms with van der Waals surface area (Å²) in [6.45, 7) is 11.1. The van der Waals surface area contributed by atoms with Crippen LogP contribution in [0.5, 0.6) is 0 Å². The Labute approximate surface area is 119 Å². The fourth-order valence-corrected chi connectivity index (χ4v) is 3.68. The molecule has 0 aromatic heterocycles. The molecule has 0 saturated carbocycles. The maximum atomic E-state index is 3.92. The summed E-state index contributed by atoms with van der Waals surface area (Å²) in [4.78, 5) is 5.09. The predicted octanol–water partition coefficient (Wildman–Crippen LogP) is 2.18. The highest BCUT2D eigenvalue weighted by Crippen LogP contribution is 2.21. The molecule has 0 aliphatic carbocycles. The van der Waals surface area contributed by atoms with Crippen LogP contribution in [0.15, 0.2) is 0 Å². The van der Waals surface area contributed by atoms with E-state index in [1.54, 1.807) is 0 Å². The van der Waals surface area contributed by atoms with E-state index >= 15 is 0 Å². The molecule has 1 N–H and O–H groups in total. The van der Waals surface area contributed by atoms with E-state index in [0.717, 1.165) is 12.0 Å². The summed E-state index contributed by atoms with van der Waals surface area (Å²) in [6, 6.07) is 1.47. The molecule has 0 amide bonds. The topological polar surface area (TPSA) is 18.5 Å². The average molecular weight is 267 g/mol. The Morgan fingerprint density at radius 3 is 2.26 bits per heavy atom. The first-order chi connectivity index (χ1) is 9.19. The Bertz CT molecular complexity index is 240. The standard InChI is InChI=1S/C16H33N3/c1-4-9-19-12-7-16(8-13-19)17-14(2)15-5-10-18(3)11-6-15/h14-17H,4-13H2,1-3H3. The SMILES string of the molecule is CCCN1CCC(NC(C)C2CCN(C)CC2)CC1. The molecular weight excluding hydrogens is 234 g/mol. The third-order valence-corrected chi connectivity index (χ3v) is 5.10. The van der Waals surface area contributed by atoms with Gasteiger partial charge in [0.25, 0.3) is 0 Å². The minimum absolute atomic E-state index is 0.705. The molecule has 0 aromatic rings. The molecule has 2 aliphatic heterocycles. The number of hydrogen-bond donors (Lipinski definition) is 1. The van der Waals surface area contributed by atoms with Gasteiger partial charge in [0.05, 0.1) is 0 Å². The molecule has 2 rings (SSSR count). The summed E-state index contributed by atoms with van der Waals surface area (Å²) >= 11 is 0. The van der Waals surface area contributed by atoms with E-state index in [2.05, 4.69) is 36.0 Å². The van der Waals surface area contributed by atoms with Gasteiger partial charge in [0.2, 0.25) is 0 Å². The summed E-state index contributed by atoms with van der Waals surface area (Å²) < 4.78 is 0. The van der Waals surface area contributed by atoms with Crippen molar-refractivity contribution in [3.05, 3.63) is 0 Å². The van der Waals surface area contributed by atoms with Gasteiger partial charge in [-0.1, -0.05) is 6.92 Å². The third kappa shape index (κ3) is 4.73. The van der Waals surface area contributed by atoms with Crippen molar-refractivity contribution in [3.8, 4) is 0 Å². The molecule has 1 unspecified atom stereocenters. The number of nitrogens with one attached hydrogen (secondary N) is 1. The monoisotopic (exact) mass is 267 g/mol. The lowest BCUT2D eigenvalue weighted by Crippen LogP contribution is -2.49. The van der Waals surface area contributed by atoms with Gasteiger partial charge >= 0.3 is 0 Å². The van der Waals surface area contributed by atoms with Crippen molar-refractivity contribution >= 4 is 0 Å². The summed E-state index contributed by atoms with van der Waals surface area (Å²) in [6.07, 6.45) is 6.73. The molecule has 3 nitrogen and oxygen atoms in total. The molecule has 19 heavy (non-hydrogen) atoms. The van der Waals surface area contributed by atoms with E-state index in [4.69, 9.17) is 0 Å². The minimum atomic E-state index is 0.705. The smallest absolute Gasteiger partial charge is 0.00940 e. The van der Waals surface area contributed by atoms with Gasteiger partial charge in [-0.2, -0.15) is 0 Å². The molecule has 0 aromatic carbocycles. The number of likely N-dealkylation sites (tertiary alicyclic amines) is 2. The van der Waals surface area contributed by atoms with Crippen LogP contribution in [0.4, 0.5) is 0 Å². The summed E-state index contributed by atoms with van der Waals surface area (Å²) in [7, 11) is 2.25. The molecule has 0 radical (unpaired) electrons. The highest BCUT2D eigenvalue weighted by atomic mass is 15.1. The van der Waals surface area contributed by atoms with Crippen molar-refractivity contribution in [1.29, 1.82) is 0 Å². The van der Waals surface area contributed by atoms with Crippen molar-refractivity contribution in [1.82, 2.24) is 15.1 Å². The molecule has 2 aliphatic rings. The molecule has 2 heterocycles. The quantitative estimate of drug-likeness (QED) is 0.824. The van der Waals surface area contributed by atoms with Gasteiger partial charge in [-0.25, -0.2) is 0 Å². The van der Waals surface area contributed by atoms with E-state index in [1.807, 2.05) is 0 Å². The first-order valence-corrected chi connectivity index (χ1v) is 8.36. The van der Waals surface area contributed by atoms with Gasteiger partial charge in [0, 0.05) is 12.1 Å². The van der Waals surface area contributed by atoms with Gasteiger partial charge in [0.1, 0.15) is 0 Å².